The number of allylic oxidation sites excluding steroid dienone is 1. The summed E-state index contributed by atoms with van der Waals surface area (Å²) >= 11 is 0. The average Bonchev–Trinajstić information content (AvgIpc) is 2.46. The van der Waals surface area contributed by atoms with Gasteiger partial charge in [-0.05, 0) is 25.7 Å². The molecule has 114 valence electrons. The molecule has 0 aromatic carbocycles. The van der Waals surface area contributed by atoms with E-state index in [-0.39, 0.29) is 18.7 Å². The molecule has 0 spiro atoms. The van der Waals surface area contributed by atoms with Gasteiger partial charge < -0.3 is 14.8 Å². The Morgan fingerprint density at radius 1 is 1.15 bits per heavy atom. The van der Waals surface area contributed by atoms with Crippen LogP contribution in [0.1, 0.15) is 38.5 Å². The van der Waals surface area contributed by atoms with E-state index in [2.05, 4.69) is 21.4 Å². The minimum absolute atomic E-state index is 0.0486. The molecule has 0 fully saturated rings. The summed E-state index contributed by atoms with van der Waals surface area (Å²) in [7, 11) is 2.51. The van der Waals surface area contributed by atoms with E-state index in [0.29, 0.717) is 6.42 Å². The van der Waals surface area contributed by atoms with Gasteiger partial charge in [0, 0.05) is 12.8 Å². The van der Waals surface area contributed by atoms with Crippen LogP contribution in [0.4, 0.5) is 0 Å². The van der Waals surface area contributed by atoms with Crippen LogP contribution in [0.25, 0.3) is 0 Å². The second kappa shape index (κ2) is 11.0. The van der Waals surface area contributed by atoms with Crippen LogP contribution in [0.5, 0.6) is 0 Å². The summed E-state index contributed by atoms with van der Waals surface area (Å²) in [6.07, 6.45) is 4.80. The zero-order valence-electron chi connectivity index (χ0n) is 12.1. The van der Waals surface area contributed by atoms with E-state index in [1.807, 2.05) is 0 Å². The molecule has 1 amide bonds. The highest BCUT2D eigenvalue weighted by molar-refractivity contribution is 5.84. The van der Waals surface area contributed by atoms with Crippen molar-refractivity contribution < 1.29 is 23.9 Å². The molecule has 0 bridgehead atoms. The molecule has 0 heterocycles. The largest absolute Gasteiger partial charge is 0.469 e. The predicted molar refractivity (Wildman–Crippen MR) is 73.9 cm³/mol. The molecule has 0 aliphatic rings. The van der Waals surface area contributed by atoms with Gasteiger partial charge in [0.05, 0.1) is 14.2 Å². The summed E-state index contributed by atoms with van der Waals surface area (Å²) in [6, 6.07) is -0.814. The smallest absolute Gasteiger partial charge is 0.328 e. The number of carbonyl (C=O) groups is 3. The zero-order chi connectivity index (χ0) is 15.4. The van der Waals surface area contributed by atoms with E-state index < -0.39 is 18.0 Å². The summed E-state index contributed by atoms with van der Waals surface area (Å²) in [4.78, 5) is 34.3. The Morgan fingerprint density at radius 3 is 2.40 bits per heavy atom. The Labute approximate surface area is 119 Å². The maximum atomic E-state index is 11.7. The first-order valence-electron chi connectivity index (χ1n) is 6.60. The van der Waals surface area contributed by atoms with Gasteiger partial charge in [-0.1, -0.05) is 6.08 Å². The normalized spacial score (nSPS) is 11.3. The molecule has 20 heavy (non-hydrogen) atoms. The first-order valence-corrected chi connectivity index (χ1v) is 6.60. The molecule has 6 heteroatoms. The number of esters is 2. The van der Waals surface area contributed by atoms with E-state index >= 15 is 0 Å². The summed E-state index contributed by atoms with van der Waals surface area (Å²) in [6.45, 7) is 3.60. The van der Waals surface area contributed by atoms with Crippen LogP contribution >= 0.6 is 0 Å². The number of ether oxygens (including phenoxy) is 2. The number of nitrogens with one attached hydrogen (secondary N) is 1. The lowest BCUT2D eigenvalue weighted by atomic mass is 10.1. The van der Waals surface area contributed by atoms with Crippen molar-refractivity contribution in [1.82, 2.24) is 5.32 Å². The lowest BCUT2D eigenvalue weighted by molar-refractivity contribution is -0.146. The molecule has 0 aliphatic carbocycles. The number of methoxy groups -OCH3 is 2. The van der Waals surface area contributed by atoms with Gasteiger partial charge in [0.2, 0.25) is 5.91 Å². The van der Waals surface area contributed by atoms with Gasteiger partial charge in [-0.25, -0.2) is 4.79 Å². The summed E-state index contributed by atoms with van der Waals surface area (Å²) in [5, 5.41) is 2.58. The van der Waals surface area contributed by atoms with Crippen molar-refractivity contribution in [3.63, 3.8) is 0 Å². The van der Waals surface area contributed by atoms with Crippen molar-refractivity contribution in [3.05, 3.63) is 12.7 Å². The second-order valence-electron chi connectivity index (χ2n) is 4.29. The minimum atomic E-state index is -0.814. The van der Waals surface area contributed by atoms with Crippen LogP contribution in [0.3, 0.4) is 0 Å². The molecule has 0 aliphatic heterocycles. The molecule has 1 atom stereocenters. The van der Waals surface area contributed by atoms with Gasteiger partial charge in [0.1, 0.15) is 6.04 Å². The lowest BCUT2D eigenvalue weighted by Gasteiger charge is -2.15. The van der Waals surface area contributed by atoms with E-state index in [9.17, 15) is 14.4 Å². The third kappa shape index (κ3) is 8.29. The molecule has 0 aromatic heterocycles. The van der Waals surface area contributed by atoms with Gasteiger partial charge in [0.15, 0.2) is 0 Å². The van der Waals surface area contributed by atoms with Crippen molar-refractivity contribution >= 4 is 17.8 Å². The molecule has 0 radical (unpaired) electrons. The van der Waals surface area contributed by atoms with Crippen molar-refractivity contribution in [2.24, 2.45) is 0 Å². The number of hydrogen-bond donors (Lipinski definition) is 1. The Hall–Kier alpha value is -1.85. The third-order valence-electron chi connectivity index (χ3n) is 2.75. The molecule has 0 rings (SSSR count). The third-order valence-corrected chi connectivity index (χ3v) is 2.75. The Kier molecular flexibility index (Phi) is 10.00. The van der Waals surface area contributed by atoms with Crippen LogP contribution in [0, 0.1) is 0 Å². The molecule has 1 N–H and O–H groups in total. The molecule has 0 saturated carbocycles. The quantitative estimate of drug-likeness (QED) is 0.372. The van der Waals surface area contributed by atoms with Gasteiger partial charge in [-0.15, -0.1) is 6.58 Å². The monoisotopic (exact) mass is 285 g/mol. The summed E-state index contributed by atoms with van der Waals surface area (Å²) in [5.74, 6) is -1.22. The van der Waals surface area contributed by atoms with Crippen LogP contribution in [0.2, 0.25) is 0 Å². The molecule has 0 saturated heterocycles. The lowest BCUT2D eigenvalue weighted by Crippen LogP contribution is -2.41. The zero-order valence-corrected chi connectivity index (χ0v) is 12.1. The number of hydrogen-bond acceptors (Lipinski definition) is 5. The van der Waals surface area contributed by atoms with Crippen molar-refractivity contribution in [2.45, 2.75) is 44.6 Å². The van der Waals surface area contributed by atoms with E-state index in [1.165, 1.54) is 14.2 Å². The van der Waals surface area contributed by atoms with Gasteiger partial charge in [-0.3, -0.25) is 9.59 Å². The number of unbranched alkanes of at least 4 members (excludes halogenated alkanes) is 2. The number of carbonyl (C=O) groups excluding carboxylic acids is 3. The van der Waals surface area contributed by atoms with E-state index in [1.54, 1.807) is 6.08 Å². The van der Waals surface area contributed by atoms with E-state index in [0.717, 1.165) is 19.3 Å². The Balaban J connectivity index is 4.20. The Bertz CT molecular complexity index is 340. The van der Waals surface area contributed by atoms with Crippen LogP contribution in [0.15, 0.2) is 12.7 Å². The van der Waals surface area contributed by atoms with Gasteiger partial charge in [-0.2, -0.15) is 0 Å². The number of rotatable bonds is 10. The first-order chi connectivity index (χ1) is 9.54. The fraction of sp³-hybridized carbons (Fsp3) is 0.643. The molecule has 0 unspecified atom stereocenters. The standard InChI is InChI=1S/C14H23NO5/c1-4-5-6-7-8-12(16)15-11(14(18)20-3)9-10-13(17)19-2/h4,11H,1,5-10H2,2-3H3,(H,15,16)/t11-/m0/s1. The van der Waals surface area contributed by atoms with Crippen molar-refractivity contribution in [3.8, 4) is 0 Å². The van der Waals surface area contributed by atoms with Gasteiger partial charge >= 0.3 is 11.9 Å². The Morgan fingerprint density at radius 2 is 1.85 bits per heavy atom. The van der Waals surface area contributed by atoms with E-state index in [4.69, 9.17) is 0 Å². The highest BCUT2D eigenvalue weighted by atomic mass is 16.5. The summed E-state index contributed by atoms with van der Waals surface area (Å²) < 4.78 is 9.10. The predicted octanol–water partition coefficient (Wildman–Crippen LogP) is 1.34. The minimum Gasteiger partial charge on any atom is -0.469 e. The van der Waals surface area contributed by atoms with Crippen LogP contribution in [-0.4, -0.2) is 38.1 Å². The average molecular weight is 285 g/mol. The second-order valence-corrected chi connectivity index (χ2v) is 4.29. The highest BCUT2D eigenvalue weighted by Gasteiger charge is 2.22. The van der Waals surface area contributed by atoms with Gasteiger partial charge in [0.25, 0.3) is 0 Å². The molecular weight excluding hydrogens is 262 g/mol. The fourth-order valence-electron chi connectivity index (χ4n) is 1.60. The van der Waals surface area contributed by atoms with Crippen molar-refractivity contribution in [1.29, 1.82) is 0 Å². The number of amides is 1. The van der Waals surface area contributed by atoms with Crippen LogP contribution in [-0.2, 0) is 23.9 Å². The van der Waals surface area contributed by atoms with Crippen molar-refractivity contribution in [2.75, 3.05) is 14.2 Å². The SMILES string of the molecule is C=CCCCCC(=O)N[C@@H](CCC(=O)OC)C(=O)OC. The highest BCUT2D eigenvalue weighted by Crippen LogP contribution is 2.04. The van der Waals surface area contributed by atoms with Crippen LogP contribution < -0.4 is 5.32 Å². The maximum absolute atomic E-state index is 11.7. The molecule has 0 aromatic rings. The fourth-order valence-corrected chi connectivity index (χ4v) is 1.60. The summed E-state index contributed by atoms with van der Waals surface area (Å²) in [5.41, 5.74) is 0. The topological polar surface area (TPSA) is 81.7 Å². The molecular formula is C14H23NO5. The molecule has 6 nitrogen and oxygen atoms in total. The first kappa shape index (κ1) is 18.1. The maximum Gasteiger partial charge on any atom is 0.328 e.